The van der Waals surface area contributed by atoms with Crippen LogP contribution in [-0.4, -0.2) is 26.8 Å². The van der Waals surface area contributed by atoms with Crippen LogP contribution >= 0.6 is 0 Å². The normalized spacial score (nSPS) is 15.2. The number of benzene rings is 1. The van der Waals surface area contributed by atoms with Gasteiger partial charge in [0.1, 0.15) is 17.7 Å². The van der Waals surface area contributed by atoms with Crippen molar-refractivity contribution in [2.24, 2.45) is 5.92 Å². The predicted molar refractivity (Wildman–Crippen MR) is 102 cm³/mol. The molecule has 1 aromatic carbocycles. The first-order valence-corrected chi connectivity index (χ1v) is 10.2. The number of rotatable bonds is 5. The van der Waals surface area contributed by atoms with Crippen molar-refractivity contribution >= 4 is 21.2 Å². The topological polar surface area (TPSA) is 97.0 Å². The fraction of sp³-hybridized carbons (Fsp3) is 0.474. The lowest BCUT2D eigenvalue weighted by atomic mass is 9.99. The molecule has 7 heteroatoms. The van der Waals surface area contributed by atoms with Gasteiger partial charge in [-0.25, -0.2) is 8.42 Å². The molecule has 1 aliphatic heterocycles. The van der Waals surface area contributed by atoms with Crippen LogP contribution in [0.4, 0.5) is 11.4 Å². The Kier molecular flexibility index (Phi) is 6.28. The molecule has 1 saturated heterocycles. The van der Waals surface area contributed by atoms with Crippen LogP contribution in [0.5, 0.6) is 0 Å². The van der Waals surface area contributed by atoms with E-state index in [1.165, 1.54) is 6.20 Å². The van der Waals surface area contributed by atoms with Gasteiger partial charge in [-0.1, -0.05) is 6.92 Å². The smallest absolute Gasteiger partial charge is 0.182 e. The Bertz CT molecular complexity index is 852. The van der Waals surface area contributed by atoms with Crippen LogP contribution in [0.15, 0.2) is 34.9 Å². The zero-order chi connectivity index (χ0) is 19.3. The van der Waals surface area contributed by atoms with E-state index in [4.69, 9.17) is 10.5 Å². The Morgan fingerprint density at radius 2 is 1.88 bits per heavy atom. The van der Waals surface area contributed by atoms with Crippen molar-refractivity contribution in [2.45, 2.75) is 43.8 Å². The molecule has 138 valence electrons. The third kappa shape index (κ3) is 4.36. The van der Waals surface area contributed by atoms with Crippen LogP contribution < -0.4 is 10.2 Å². The third-order valence-corrected chi connectivity index (χ3v) is 6.86. The lowest BCUT2D eigenvalue weighted by Crippen LogP contribution is -2.32. The molecule has 0 unspecified atom stereocenters. The maximum absolute atomic E-state index is 12.7. The zero-order valence-corrected chi connectivity index (χ0v) is 16.2. The summed E-state index contributed by atoms with van der Waals surface area (Å²) in [4.78, 5) is 2.41. The van der Waals surface area contributed by atoms with E-state index in [0.717, 1.165) is 31.6 Å². The summed E-state index contributed by atoms with van der Waals surface area (Å²) in [5.74, 6) is 0.696. The highest BCUT2D eigenvalue weighted by Gasteiger charge is 2.24. The molecule has 2 rings (SSSR count). The van der Waals surface area contributed by atoms with Gasteiger partial charge in [-0.2, -0.15) is 10.5 Å². The first-order chi connectivity index (χ1) is 12.3. The van der Waals surface area contributed by atoms with Crippen LogP contribution in [0, 0.1) is 28.6 Å². The Hall–Kier alpha value is -2.51. The van der Waals surface area contributed by atoms with Gasteiger partial charge in [0.15, 0.2) is 9.84 Å². The first-order valence-electron chi connectivity index (χ1n) is 8.69. The number of allylic oxidation sites excluding steroid dienone is 1. The number of nitrogens with zero attached hydrogens (tertiary/aromatic N) is 3. The van der Waals surface area contributed by atoms with Crippen LogP contribution in [0.2, 0.25) is 0 Å². The average Bonchev–Trinajstić information content (AvgIpc) is 2.62. The molecular weight excluding hydrogens is 348 g/mol. The summed E-state index contributed by atoms with van der Waals surface area (Å²) in [5, 5.41) is 20.1. The molecule has 1 aromatic rings. The highest BCUT2D eigenvalue weighted by atomic mass is 32.2. The van der Waals surface area contributed by atoms with Gasteiger partial charge in [0.05, 0.1) is 15.8 Å². The van der Waals surface area contributed by atoms with Gasteiger partial charge in [0, 0.05) is 25.0 Å². The largest absolute Gasteiger partial charge is 0.371 e. The Morgan fingerprint density at radius 3 is 2.42 bits per heavy atom. The quantitative estimate of drug-likeness (QED) is 0.795. The van der Waals surface area contributed by atoms with E-state index in [9.17, 15) is 8.42 Å². The highest BCUT2D eigenvalue weighted by Crippen LogP contribution is 2.31. The molecule has 0 atom stereocenters. The van der Waals surface area contributed by atoms with E-state index in [1.807, 2.05) is 6.07 Å². The number of piperidine rings is 1. The second kappa shape index (κ2) is 8.25. The van der Waals surface area contributed by atoms with E-state index in [1.54, 1.807) is 38.1 Å². The third-order valence-electron chi connectivity index (χ3n) is 4.65. The standard InChI is InChI=1S/C19H24N4O2S/c1-14(2)26(24,25)19-5-4-17(23-8-6-15(3)7-9-23)10-18(19)22-13-16(11-20)12-21/h4-5,10,13-15,22H,6-9H2,1-3H3. The summed E-state index contributed by atoms with van der Waals surface area (Å²) in [6.45, 7) is 7.34. The van der Waals surface area contributed by atoms with Gasteiger partial charge in [-0.15, -0.1) is 0 Å². The second-order valence-electron chi connectivity index (χ2n) is 6.87. The molecule has 1 N–H and O–H groups in total. The van der Waals surface area contributed by atoms with E-state index in [0.29, 0.717) is 11.6 Å². The van der Waals surface area contributed by atoms with Gasteiger partial charge in [0.2, 0.25) is 0 Å². The second-order valence-corrected chi connectivity index (χ2v) is 9.34. The molecule has 0 amide bonds. The summed E-state index contributed by atoms with van der Waals surface area (Å²) in [6, 6.07) is 8.75. The van der Waals surface area contributed by atoms with Crippen molar-refractivity contribution in [1.29, 1.82) is 10.5 Å². The van der Waals surface area contributed by atoms with Crippen LogP contribution in [-0.2, 0) is 9.84 Å². The summed E-state index contributed by atoms with van der Waals surface area (Å²) in [6.07, 6.45) is 3.44. The summed E-state index contributed by atoms with van der Waals surface area (Å²) >= 11 is 0. The molecule has 0 radical (unpaired) electrons. The molecule has 1 heterocycles. The number of nitriles is 2. The summed E-state index contributed by atoms with van der Waals surface area (Å²) < 4.78 is 25.3. The number of hydrogen-bond acceptors (Lipinski definition) is 6. The van der Waals surface area contributed by atoms with E-state index in [2.05, 4.69) is 17.1 Å². The van der Waals surface area contributed by atoms with Crippen molar-refractivity contribution in [3.8, 4) is 12.1 Å². The number of anilines is 2. The van der Waals surface area contributed by atoms with Crippen LogP contribution in [0.25, 0.3) is 0 Å². The van der Waals surface area contributed by atoms with E-state index in [-0.39, 0.29) is 10.5 Å². The lowest BCUT2D eigenvalue weighted by Gasteiger charge is -2.32. The predicted octanol–water partition coefficient (Wildman–Crippen LogP) is 3.45. The maximum atomic E-state index is 12.7. The minimum Gasteiger partial charge on any atom is -0.371 e. The molecule has 26 heavy (non-hydrogen) atoms. The van der Waals surface area contributed by atoms with Crippen LogP contribution in [0.3, 0.4) is 0 Å². The average molecular weight is 372 g/mol. The molecule has 0 saturated carbocycles. The van der Waals surface area contributed by atoms with Gasteiger partial charge < -0.3 is 10.2 Å². The monoisotopic (exact) mass is 372 g/mol. The van der Waals surface area contributed by atoms with Gasteiger partial charge in [-0.3, -0.25) is 0 Å². The number of sulfone groups is 1. The van der Waals surface area contributed by atoms with E-state index < -0.39 is 15.1 Å². The summed E-state index contributed by atoms with van der Waals surface area (Å²) in [7, 11) is -3.50. The Labute approximate surface area is 155 Å². The number of nitrogens with one attached hydrogen (secondary N) is 1. The van der Waals surface area contributed by atoms with Crippen molar-refractivity contribution in [3.63, 3.8) is 0 Å². The fourth-order valence-electron chi connectivity index (χ4n) is 2.84. The highest BCUT2D eigenvalue weighted by molar-refractivity contribution is 7.92. The molecule has 0 spiro atoms. The number of hydrogen-bond donors (Lipinski definition) is 1. The molecule has 6 nitrogen and oxygen atoms in total. The Morgan fingerprint density at radius 1 is 1.27 bits per heavy atom. The van der Waals surface area contributed by atoms with Gasteiger partial charge in [0.25, 0.3) is 0 Å². The SMILES string of the molecule is CC1CCN(c2ccc(S(=O)(=O)C(C)C)c(NC=C(C#N)C#N)c2)CC1. The fourth-order valence-corrected chi connectivity index (χ4v) is 4.03. The molecule has 0 aliphatic carbocycles. The Balaban J connectivity index is 2.45. The lowest BCUT2D eigenvalue weighted by molar-refractivity contribution is 0.438. The molecule has 1 aliphatic rings. The van der Waals surface area contributed by atoms with Crippen molar-refractivity contribution in [1.82, 2.24) is 0 Å². The van der Waals surface area contributed by atoms with Crippen molar-refractivity contribution < 1.29 is 8.42 Å². The maximum Gasteiger partial charge on any atom is 0.182 e. The van der Waals surface area contributed by atoms with E-state index >= 15 is 0 Å². The van der Waals surface area contributed by atoms with Crippen LogP contribution in [0.1, 0.15) is 33.6 Å². The van der Waals surface area contributed by atoms with Crippen molar-refractivity contribution in [2.75, 3.05) is 23.3 Å². The van der Waals surface area contributed by atoms with Gasteiger partial charge in [-0.05, 0) is 50.8 Å². The molecule has 1 fully saturated rings. The zero-order valence-electron chi connectivity index (χ0n) is 15.4. The molecular formula is C19H24N4O2S. The molecule has 0 aromatic heterocycles. The minimum atomic E-state index is -3.50. The van der Waals surface area contributed by atoms with Gasteiger partial charge >= 0.3 is 0 Å². The minimum absolute atomic E-state index is 0.116. The van der Waals surface area contributed by atoms with Crippen molar-refractivity contribution in [3.05, 3.63) is 30.0 Å². The molecule has 0 bridgehead atoms. The first kappa shape index (κ1) is 19.8. The summed E-state index contributed by atoms with van der Waals surface area (Å²) in [5.41, 5.74) is 1.21.